The van der Waals surface area contributed by atoms with Gasteiger partial charge in [0.2, 0.25) is 5.91 Å². The zero-order valence-electron chi connectivity index (χ0n) is 18.2. The van der Waals surface area contributed by atoms with Gasteiger partial charge in [0.05, 0.1) is 5.52 Å². The van der Waals surface area contributed by atoms with Crippen LogP contribution < -0.4 is 21.3 Å². The average molecular weight is 484 g/mol. The molecule has 8 nitrogen and oxygen atoms in total. The molecular formula is C24H19F3N4O4. The number of nitrogens with zero attached hydrogens (tertiary/aromatic N) is 3. The van der Waals surface area contributed by atoms with E-state index in [1.807, 2.05) is 30.3 Å². The molecule has 0 unspecified atom stereocenters. The Kier molecular flexibility index (Phi) is 6.67. The van der Waals surface area contributed by atoms with Crippen molar-refractivity contribution in [1.82, 2.24) is 14.1 Å². The molecule has 0 saturated heterocycles. The molecule has 1 N–H and O–H groups in total. The Morgan fingerprint density at radius 1 is 0.943 bits per heavy atom. The molecule has 11 heteroatoms. The monoisotopic (exact) mass is 484 g/mol. The SMILES string of the molecule is O=C(Cn1c(=O)n(CCc2ccccc2)c(=O)c2ncccc21)Nc1ccc(OC(F)(F)F)cc1. The van der Waals surface area contributed by atoms with Crippen molar-refractivity contribution in [3.05, 3.63) is 99.3 Å². The molecule has 0 atom stereocenters. The number of nitrogens with one attached hydrogen (secondary N) is 1. The largest absolute Gasteiger partial charge is 0.573 e. The van der Waals surface area contributed by atoms with Crippen LogP contribution in [-0.2, 0) is 24.3 Å². The number of amides is 1. The summed E-state index contributed by atoms with van der Waals surface area (Å²) >= 11 is 0. The summed E-state index contributed by atoms with van der Waals surface area (Å²) in [4.78, 5) is 42.9. The van der Waals surface area contributed by atoms with E-state index < -0.39 is 35.8 Å². The molecule has 2 aromatic carbocycles. The van der Waals surface area contributed by atoms with Gasteiger partial charge in [-0.25, -0.2) is 9.78 Å². The molecule has 180 valence electrons. The van der Waals surface area contributed by atoms with Crippen LogP contribution in [0.4, 0.5) is 18.9 Å². The molecule has 0 saturated carbocycles. The molecule has 0 aliphatic rings. The van der Waals surface area contributed by atoms with Crippen LogP contribution in [0.15, 0.2) is 82.5 Å². The van der Waals surface area contributed by atoms with Crippen molar-refractivity contribution < 1.29 is 22.7 Å². The molecule has 2 aromatic heterocycles. The fraction of sp³-hybridized carbons (Fsp3) is 0.167. The second-order valence-electron chi connectivity index (χ2n) is 7.55. The highest BCUT2D eigenvalue weighted by molar-refractivity contribution is 5.91. The minimum Gasteiger partial charge on any atom is -0.406 e. The van der Waals surface area contributed by atoms with E-state index in [9.17, 15) is 27.6 Å². The number of aryl methyl sites for hydroxylation is 1. The topological polar surface area (TPSA) is 95.2 Å². The van der Waals surface area contributed by atoms with Crippen LogP contribution in [0.2, 0.25) is 0 Å². The number of alkyl halides is 3. The number of rotatable bonds is 7. The van der Waals surface area contributed by atoms with Gasteiger partial charge in [-0.15, -0.1) is 13.2 Å². The normalized spacial score (nSPS) is 11.4. The Labute approximate surface area is 196 Å². The van der Waals surface area contributed by atoms with E-state index in [2.05, 4.69) is 15.0 Å². The van der Waals surface area contributed by atoms with Gasteiger partial charge in [-0.1, -0.05) is 30.3 Å². The third-order valence-electron chi connectivity index (χ3n) is 5.13. The van der Waals surface area contributed by atoms with E-state index in [1.54, 1.807) is 6.07 Å². The predicted molar refractivity (Wildman–Crippen MR) is 122 cm³/mol. The number of benzene rings is 2. The van der Waals surface area contributed by atoms with Crippen LogP contribution in [0.3, 0.4) is 0 Å². The van der Waals surface area contributed by atoms with Crippen molar-refractivity contribution in [3.8, 4) is 5.75 Å². The van der Waals surface area contributed by atoms with Gasteiger partial charge < -0.3 is 10.1 Å². The summed E-state index contributed by atoms with van der Waals surface area (Å²) in [5.41, 5.74) is 0.151. The quantitative estimate of drug-likeness (QED) is 0.434. The first kappa shape index (κ1) is 23.7. The number of hydrogen-bond acceptors (Lipinski definition) is 5. The number of halogens is 3. The van der Waals surface area contributed by atoms with E-state index >= 15 is 0 Å². The van der Waals surface area contributed by atoms with E-state index in [4.69, 9.17) is 0 Å². The minimum atomic E-state index is -4.83. The molecule has 4 rings (SSSR count). The number of hydrogen-bond donors (Lipinski definition) is 1. The second kappa shape index (κ2) is 9.84. The number of pyridine rings is 1. The van der Waals surface area contributed by atoms with Crippen molar-refractivity contribution in [2.45, 2.75) is 25.9 Å². The Morgan fingerprint density at radius 3 is 2.34 bits per heavy atom. The first-order valence-corrected chi connectivity index (χ1v) is 10.5. The van der Waals surface area contributed by atoms with Crippen LogP contribution in [0.5, 0.6) is 5.75 Å². The third kappa shape index (κ3) is 5.75. The molecule has 0 spiro atoms. The Bertz CT molecular complexity index is 1460. The maximum atomic E-state index is 13.2. The van der Waals surface area contributed by atoms with Gasteiger partial charge in [-0.05, 0) is 48.4 Å². The van der Waals surface area contributed by atoms with Gasteiger partial charge in [0.25, 0.3) is 5.56 Å². The molecule has 0 aliphatic heterocycles. The number of fused-ring (bicyclic) bond motifs is 1. The molecule has 0 fully saturated rings. The summed E-state index contributed by atoms with van der Waals surface area (Å²) in [5, 5.41) is 2.52. The van der Waals surface area contributed by atoms with Gasteiger partial charge in [-0.3, -0.25) is 18.7 Å². The molecule has 35 heavy (non-hydrogen) atoms. The number of carbonyl (C=O) groups excluding carboxylic acids is 1. The average Bonchev–Trinajstić information content (AvgIpc) is 2.83. The summed E-state index contributed by atoms with van der Waals surface area (Å²) in [7, 11) is 0. The number of carbonyl (C=O) groups is 1. The maximum Gasteiger partial charge on any atom is 0.573 e. The van der Waals surface area contributed by atoms with Gasteiger partial charge in [-0.2, -0.15) is 0 Å². The maximum absolute atomic E-state index is 13.2. The van der Waals surface area contributed by atoms with Gasteiger partial charge in [0.15, 0.2) is 5.52 Å². The van der Waals surface area contributed by atoms with Crippen LogP contribution >= 0.6 is 0 Å². The van der Waals surface area contributed by atoms with Crippen molar-refractivity contribution in [3.63, 3.8) is 0 Å². The molecule has 2 heterocycles. The van der Waals surface area contributed by atoms with Crippen LogP contribution in [-0.4, -0.2) is 26.4 Å². The van der Waals surface area contributed by atoms with Crippen molar-refractivity contribution in [1.29, 1.82) is 0 Å². The molecule has 1 amide bonds. The van der Waals surface area contributed by atoms with Gasteiger partial charge in [0, 0.05) is 18.4 Å². The highest BCUT2D eigenvalue weighted by atomic mass is 19.4. The lowest BCUT2D eigenvalue weighted by molar-refractivity contribution is -0.274. The zero-order valence-corrected chi connectivity index (χ0v) is 18.2. The lowest BCUT2D eigenvalue weighted by Crippen LogP contribution is -2.42. The minimum absolute atomic E-state index is 0.0432. The fourth-order valence-corrected chi connectivity index (χ4v) is 3.56. The highest BCUT2D eigenvalue weighted by Gasteiger charge is 2.31. The second-order valence-corrected chi connectivity index (χ2v) is 7.55. The van der Waals surface area contributed by atoms with E-state index in [0.717, 1.165) is 26.8 Å². The number of ether oxygens (including phenoxy) is 1. The van der Waals surface area contributed by atoms with Gasteiger partial charge >= 0.3 is 12.1 Å². The summed E-state index contributed by atoms with van der Waals surface area (Å²) in [6, 6.07) is 17.0. The third-order valence-corrected chi connectivity index (χ3v) is 5.13. The van der Waals surface area contributed by atoms with Crippen molar-refractivity contribution in [2.24, 2.45) is 0 Å². The Balaban J connectivity index is 1.59. The number of anilines is 1. The zero-order chi connectivity index (χ0) is 25.0. The standard InChI is InChI=1S/C24H19F3N4O4/c25-24(26,27)35-18-10-8-17(9-11-18)29-20(32)15-31-19-7-4-13-28-21(19)22(33)30(23(31)34)14-12-16-5-2-1-3-6-16/h1-11,13H,12,14-15H2,(H,29,32). The predicted octanol–water partition coefficient (Wildman–Crippen LogP) is 3.34. The highest BCUT2D eigenvalue weighted by Crippen LogP contribution is 2.24. The molecule has 0 aliphatic carbocycles. The molecule has 0 radical (unpaired) electrons. The van der Waals surface area contributed by atoms with E-state index in [-0.39, 0.29) is 23.3 Å². The first-order valence-electron chi connectivity index (χ1n) is 10.5. The summed E-state index contributed by atoms with van der Waals surface area (Å²) in [6.45, 7) is -0.343. The van der Waals surface area contributed by atoms with Crippen molar-refractivity contribution in [2.75, 3.05) is 5.32 Å². The lowest BCUT2D eigenvalue weighted by Gasteiger charge is -2.14. The number of aromatic nitrogens is 3. The van der Waals surface area contributed by atoms with E-state index in [1.165, 1.54) is 24.4 Å². The summed E-state index contributed by atoms with van der Waals surface area (Å²) in [6.07, 6.45) is -2.98. The first-order chi connectivity index (χ1) is 16.7. The summed E-state index contributed by atoms with van der Waals surface area (Å²) in [5.74, 6) is -1.05. The van der Waals surface area contributed by atoms with E-state index in [0.29, 0.717) is 6.42 Å². The Morgan fingerprint density at radius 2 is 1.66 bits per heavy atom. The van der Waals surface area contributed by atoms with Crippen LogP contribution in [0.1, 0.15) is 5.56 Å². The molecular weight excluding hydrogens is 465 g/mol. The Hall–Kier alpha value is -4.41. The molecule has 4 aromatic rings. The summed E-state index contributed by atoms with van der Waals surface area (Å²) < 4.78 is 42.9. The van der Waals surface area contributed by atoms with Crippen molar-refractivity contribution >= 4 is 22.6 Å². The molecule has 0 bridgehead atoms. The smallest absolute Gasteiger partial charge is 0.406 e. The lowest BCUT2D eigenvalue weighted by atomic mass is 10.1. The van der Waals surface area contributed by atoms with Crippen LogP contribution in [0, 0.1) is 0 Å². The van der Waals surface area contributed by atoms with Gasteiger partial charge in [0.1, 0.15) is 12.3 Å². The fourth-order valence-electron chi connectivity index (χ4n) is 3.56. The van der Waals surface area contributed by atoms with Crippen LogP contribution in [0.25, 0.3) is 11.0 Å².